The van der Waals surface area contributed by atoms with Crippen molar-refractivity contribution in [2.45, 2.75) is 244 Å². The molecule has 22 heteroatoms. The number of rotatable bonds is 16. The zero-order chi connectivity index (χ0) is 52.5. The van der Waals surface area contributed by atoms with Crippen LogP contribution in [0.1, 0.15) is 187 Å². The van der Waals surface area contributed by atoms with E-state index in [1.54, 1.807) is 0 Å². The number of halogens is 4. The maximum absolute atomic E-state index is 13.8. The molecular weight excluding hydrogens is 997 g/mol. The maximum Gasteiger partial charge on any atom is 0.370 e. The second-order valence-corrected chi connectivity index (χ2v) is 28.0. The molecular formula is C50H74F4O16S2-2. The molecule has 0 aliphatic heterocycles. The second-order valence-electron chi connectivity index (χ2n) is 25.1. The molecule has 9 unspecified atom stereocenters. The van der Waals surface area contributed by atoms with Gasteiger partial charge in [0.25, 0.3) is 0 Å². The number of alkyl halides is 4. The predicted molar refractivity (Wildman–Crippen MR) is 243 cm³/mol. The van der Waals surface area contributed by atoms with Gasteiger partial charge in [-0.25, -0.2) is 26.4 Å². The number of hydrogen-bond acceptors (Lipinski definition) is 16. The first-order chi connectivity index (χ1) is 33.3. The Hall–Kier alpha value is -1.76. The van der Waals surface area contributed by atoms with Gasteiger partial charge < -0.3 is 48.5 Å². The van der Waals surface area contributed by atoms with Gasteiger partial charge in [0.1, 0.15) is 13.2 Å². The average Bonchev–Trinajstić information content (AvgIpc) is 4.12. The highest BCUT2D eigenvalue weighted by molar-refractivity contribution is 7.87. The van der Waals surface area contributed by atoms with Crippen LogP contribution in [0.5, 0.6) is 0 Å². The lowest BCUT2D eigenvalue weighted by atomic mass is 9.36. The summed E-state index contributed by atoms with van der Waals surface area (Å²) in [6, 6.07) is 0. The number of esters is 2. The Morgan fingerprint density at radius 2 is 0.958 bits per heavy atom. The van der Waals surface area contributed by atoms with Gasteiger partial charge in [0, 0.05) is 21.7 Å². The van der Waals surface area contributed by atoms with E-state index in [1.165, 1.54) is 0 Å². The van der Waals surface area contributed by atoms with Gasteiger partial charge in [-0.2, -0.15) is 17.6 Å². The molecule has 16 nitrogen and oxygen atoms in total. The molecule has 4 N–H and O–H groups in total. The lowest BCUT2D eigenvalue weighted by Gasteiger charge is -2.71. The van der Waals surface area contributed by atoms with Gasteiger partial charge in [0.05, 0.1) is 34.1 Å². The van der Waals surface area contributed by atoms with Gasteiger partial charge in [-0.1, -0.05) is 51.4 Å². The number of carbonyl (C=O) groups is 2. The fourth-order valence-corrected chi connectivity index (χ4v) is 19.3. The van der Waals surface area contributed by atoms with Crippen molar-refractivity contribution in [3.8, 4) is 0 Å². The number of hydrogen-bond donors (Lipinski definition) is 4. The highest BCUT2D eigenvalue weighted by Crippen LogP contribution is 2.76. The maximum atomic E-state index is 13.8. The SMILES string of the molecule is CC(OC(=O)COC12CC3CC(C4(O)CCCC4)(C1)CC(C1(O)CCCC1)(C3)C2)C(F)(F)S(=O)(=O)[O-].CC(OC(=O)COC1C2CC3CC(C4(O)CCCC4)(C2)CC1(C1(O)CCCC1)C3)C(F)(F)S(=O)(=O)[O-]. The first-order valence-electron chi connectivity index (χ1n) is 26.5. The van der Waals surface area contributed by atoms with Crippen molar-refractivity contribution in [2.24, 2.45) is 39.4 Å². The summed E-state index contributed by atoms with van der Waals surface area (Å²) >= 11 is 0. The molecule has 412 valence electrons. The summed E-state index contributed by atoms with van der Waals surface area (Å²) in [6.45, 7) is -0.0341. The number of carbonyl (C=O) groups excluding carboxylic acids is 2. The second kappa shape index (κ2) is 18.2. The van der Waals surface area contributed by atoms with E-state index in [9.17, 15) is 73.5 Å². The van der Waals surface area contributed by atoms with E-state index in [0.29, 0.717) is 84.0 Å². The molecule has 0 amide bonds. The van der Waals surface area contributed by atoms with Crippen LogP contribution in [0.4, 0.5) is 17.6 Å². The molecule has 12 aliphatic rings. The van der Waals surface area contributed by atoms with E-state index in [1.807, 2.05) is 0 Å². The third kappa shape index (κ3) is 8.80. The van der Waals surface area contributed by atoms with Crippen LogP contribution >= 0.6 is 0 Å². The number of aliphatic hydroxyl groups is 4. The van der Waals surface area contributed by atoms with Crippen LogP contribution in [0.15, 0.2) is 0 Å². The Morgan fingerprint density at radius 1 is 0.556 bits per heavy atom. The summed E-state index contributed by atoms with van der Waals surface area (Å²) in [6.07, 6.45) is 15.6. The summed E-state index contributed by atoms with van der Waals surface area (Å²) in [5, 5.41) is 38.0. The largest absolute Gasteiger partial charge is 0.743 e. The molecule has 0 aromatic heterocycles. The quantitative estimate of drug-likeness (QED) is 0.0717. The standard InChI is InChI=1S/2C25H38F2O8S/c1-17(25(26,27)36(31,32)33)35-19(28)13-34-22-12-18-10-20(15-22,23(29)6-2-3-7-23)14-21(11-18,16-22)24(30)8-4-5-9-24;1-16(25(26,27)36(31,32)33)35-19(28)14-34-20-18-10-17-11-21(13-18,23(29)6-2-3-7-23)15-22(20,12-17)24(30)8-4-5-9-24/h17-18,29-30H,2-16H2,1H3,(H,31,32,33);16-18,20,29-30H,2-15H2,1H3,(H,31,32,33)/p-2. The molecule has 12 fully saturated rings. The molecule has 8 bridgehead atoms. The monoisotopic (exact) mass is 1070 g/mol. The number of ether oxygens (including phenoxy) is 4. The molecule has 0 saturated heterocycles. The van der Waals surface area contributed by atoms with Crippen molar-refractivity contribution in [2.75, 3.05) is 13.2 Å². The minimum Gasteiger partial charge on any atom is -0.743 e. The van der Waals surface area contributed by atoms with Crippen LogP contribution in [0, 0.1) is 39.4 Å². The third-order valence-electron chi connectivity index (χ3n) is 21.0. The van der Waals surface area contributed by atoms with E-state index in [2.05, 4.69) is 9.47 Å². The van der Waals surface area contributed by atoms with Crippen molar-refractivity contribution >= 4 is 32.2 Å². The molecule has 0 aromatic rings. The van der Waals surface area contributed by atoms with Crippen LogP contribution in [0.25, 0.3) is 0 Å². The lowest BCUT2D eigenvalue weighted by molar-refractivity contribution is -0.300. The Morgan fingerprint density at radius 3 is 1.40 bits per heavy atom. The van der Waals surface area contributed by atoms with Crippen LogP contribution in [-0.4, -0.2) is 128 Å². The lowest BCUT2D eigenvalue weighted by Crippen LogP contribution is -2.71. The van der Waals surface area contributed by atoms with Crippen molar-refractivity contribution < 1.29 is 92.5 Å². The van der Waals surface area contributed by atoms with E-state index < -0.39 is 118 Å². The van der Waals surface area contributed by atoms with Gasteiger partial charge in [-0.3, -0.25) is 0 Å². The van der Waals surface area contributed by atoms with Crippen LogP contribution in [0.3, 0.4) is 0 Å². The Labute approximate surface area is 419 Å². The van der Waals surface area contributed by atoms with Gasteiger partial charge in [0.15, 0.2) is 32.4 Å². The highest BCUT2D eigenvalue weighted by Gasteiger charge is 2.75. The van der Waals surface area contributed by atoms with Crippen molar-refractivity contribution in [1.82, 2.24) is 0 Å². The fraction of sp³-hybridized carbons (Fsp3) is 0.960. The van der Waals surface area contributed by atoms with Crippen molar-refractivity contribution in [3.63, 3.8) is 0 Å². The summed E-state index contributed by atoms with van der Waals surface area (Å²) < 4.78 is 142. The zero-order valence-corrected chi connectivity index (χ0v) is 43.1. The molecule has 0 aromatic carbocycles. The molecule has 0 heterocycles. The van der Waals surface area contributed by atoms with E-state index in [0.717, 1.165) is 109 Å². The van der Waals surface area contributed by atoms with E-state index >= 15 is 0 Å². The van der Waals surface area contributed by atoms with Gasteiger partial charge in [-0.15, -0.1) is 0 Å². The summed E-state index contributed by atoms with van der Waals surface area (Å²) in [5.41, 5.74) is -6.12. The summed E-state index contributed by atoms with van der Waals surface area (Å²) in [7, 11) is -12.0. The molecule has 72 heavy (non-hydrogen) atoms. The average molecular weight is 1070 g/mol. The molecule has 9 atom stereocenters. The zero-order valence-electron chi connectivity index (χ0n) is 41.5. The third-order valence-corrected chi connectivity index (χ3v) is 23.0. The smallest absolute Gasteiger partial charge is 0.370 e. The molecule has 12 aliphatic carbocycles. The molecule has 0 spiro atoms. The Balaban J connectivity index is 0.000000178. The highest BCUT2D eigenvalue weighted by atomic mass is 32.2. The normalized spacial score (nSPS) is 39.9. The van der Waals surface area contributed by atoms with Gasteiger partial charge in [-0.05, 0) is 154 Å². The first-order valence-corrected chi connectivity index (χ1v) is 29.3. The van der Waals surface area contributed by atoms with Crippen LogP contribution in [0.2, 0.25) is 0 Å². The fourth-order valence-electron chi connectivity index (χ4n) is 18.4. The van der Waals surface area contributed by atoms with E-state index in [-0.39, 0.29) is 17.3 Å². The molecule has 0 radical (unpaired) electrons. The van der Waals surface area contributed by atoms with E-state index in [4.69, 9.17) is 9.47 Å². The van der Waals surface area contributed by atoms with Gasteiger partial charge >= 0.3 is 22.4 Å². The summed E-state index contributed by atoms with van der Waals surface area (Å²) in [4.78, 5) is 24.9. The molecule has 12 rings (SSSR count). The van der Waals surface area contributed by atoms with Crippen molar-refractivity contribution in [1.29, 1.82) is 0 Å². The topological polar surface area (TPSA) is 266 Å². The van der Waals surface area contributed by atoms with Crippen molar-refractivity contribution in [3.05, 3.63) is 0 Å². The first kappa shape index (κ1) is 55.0. The Bertz CT molecular complexity index is 2270. The van der Waals surface area contributed by atoms with Crippen LogP contribution in [-0.2, 0) is 48.8 Å². The summed E-state index contributed by atoms with van der Waals surface area (Å²) in [5.74, 6) is -1.80. The molecule has 12 saturated carbocycles. The minimum atomic E-state index is -6.00. The Kier molecular flexibility index (Phi) is 13.9. The minimum absolute atomic E-state index is 0.00850. The predicted octanol–water partition coefficient (Wildman–Crippen LogP) is 6.64. The van der Waals surface area contributed by atoms with Gasteiger partial charge in [0.2, 0.25) is 0 Å². The van der Waals surface area contributed by atoms with Crippen LogP contribution < -0.4 is 0 Å².